The van der Waals surface area contributed by atoms with Crippen molar-refractivity contribution >= 4 is 46.8 Å². The smallest absolute Gasteiger partial charge is 0.320 e. The second-order valence-corrected chi connectivity index (χ2v) is 8.20. The van der Waals surface area contributed by atoms with Crippen molar-refractivity contribution in [3.8, 4) is 0 Å². The molecule has 0 aliphatic carbocycles. The zero-order valence-corrected chi connectivity index (χ0v) is 20.5. The Labute approximate surface area is 209 Å². The van der Waals surface area contributed by atoms with Crippen LogP contribution in [-0.2, 0) is 19.1 Å². The first-order valence-electron chi connectivity index (χ1n) is 10.9. The molecule has 180 valence electrons. The summed E-state index contributed by atoms with van der Waals surface area (Å²) < 4.78 is 9.38. The Kier molecular flexibility index (Phi) is 8.81. The van der Waals surface area contributed by atoms with Gasteiger partial charge in [-0.3, -0.25) is 14.4 Å². The van der Waals surface area contributed by atoms with Crippen LogP contribution in [0, 0.1) is 12.8 Å². The van der Waals surface area contributed by atoms with Crippen LogP contribution in [0.25, 0.3) is 6.08 Å². The molecule has 0 aliphatic rings. The number of hydrogen-bond acceptors (Lipinski definition) is 6. The minimum Gasteiger partial charge on any atom is -0.468 e. The van der Waals surface area contributed by atoms with Gasteiger partial charge in [0.05, 0.1) is 19.2 Å². The van der Waals surface area contributed by atoms with E-state index in [1.54, 1.807) is 36.4 Å². The van der Waals surface area contributed by atoms with Gasteiger partial charge in [-0.15, -0.1) is 0 Å². The first-order valence-corrected chi connectivity index (χ1v) is 11.3. The number of ether oxygens (including phenoxy) is 2. The van der Waals surface area contributed by atoms with Crippen molar-refractivity contribution in [2.24, 2.45) is 5.92 Å². The first-order chi connectivity index (χ1) is 16.8. The van der Waals surface area contributed by atoms with Gasteiger partial charge in [-0.25, -0.2) is 0 Å². The van der Waals surface area contributed by atoms with E-state index in [0.29, 0.717) is 21.8 Å². The number of benzene rings is 3. The van der Waals surface area contributed by atoms with Gasteiger partial charge < -0.3 is 14.8 Å². The second kappa shape index (κ2) is 12.0. The Hall–Kier alpha value is -3.90. The van der Waals surface area contributed by atoms with Crippen molar-refractivity contribution in [3.63, 3.8) is 0 Å². The first kappa shape index (κ1) is 25.7. The highest BCUT2D eigenvalue weighted by Gasteiger charge is 2.27. The van der Waals surface area contributed by atoms with E-state index in [1.165, 1.54) is 14.2 Å². The van der Waals surface area contributed by atoms with Gasteiger partial charge in [-0.05, 0) is 48.7 Å². The number of allylic oxidation sites excluding steroid dienone is 1. The number of esters is 2. The summed E-state index contributed by atoms with van der Waals surface area (Å²) >= 11 is 6.48. The standard InChI is InChI=1S/C28H26ClNO5/c1-18-9-4-6-12-21(18)26(31)22-16-15-20(17-24(22)29)30-25-14-7-5-10-19(25)11-8-13-23(27(32)34-2)28(33)35-3/h4-12,14-17,23,30H,13H2,1-3H3. The van der Waals surface area contributed by atoms with Crippen LogP contribution in [0.15, 0.2) is 72.8 Å². The van der Waals surface area contributed by atoms with Crippen molar-refractivity contribution in [3.05, 3.63) is 100 Å². The normalized spacial score (nSPS) is 10.9. The van der Waals surface area contributed by atoms with Gasteiger partial charge in [0, 0.05) is 22.5 Å². The van der Waals surface area contributed by atoms with Crippen LogP contribution in [-0.4, -0.2) is 31.9 Å². The summed E-state index contributed by atoms with van der Waals surface area (Å²) in [6.45, 7) is 1.89. The lowest BCUT2D eigenvalue weighted by atomic mass is 9.99. The molecule has 35 heavy (non-hydrogen) atoms. The average Bonchev–Trinajstić information content (AvgIpc) is 2.86. The Morgan fingerprint density at radius 3 is 2.23 bits per heavy atom. The topological polar surface area (TPSA) is 81.7 Å². The largest absolute Gasteiger partial charge is 0.468 e. The monoisotopic (exact) mass is 491 g/mol. The molecule has 0 spiro atoms. The number of methoxy groups -OCH3 is 2. The van der Waals surface area contributed by atoms with Crippen molar-refractivity contribution in [2.75, 3.05) is 19.5 Å². The van der Waals surface area contributed by atoms with Crippen LogP contribution in [0.5, 0.6) is 0 Å². The molecule has 3 rings (SSSR count). The third-order valence-electron chi connectivity index (χ3n) is 5.48. The fraction of sp³-hybridized carbons (Fsp3) is 0.179. The number of carbonyl (C=O) groups is 3. The van der Waals surface area contributed by atoms with Crippen LogP contribution in [0.2, 0.25) is 5.02 Å². The van der Waals surface area contributed by atoms with E-state index in [9.17, 15) is 14.4 Å². The molecule has 0 bridgehead atoms. The average molecular weight is 492 g/mol. The molecule has 6 nitrogen and oxygen atoms in total. The van der Waals surface area contributed by atoms with E-state index < -0.39 is 17.9 Å². The molecule has 0 heterocycles. The quantitative estimate of drug-likeness (QED) is 0.225. The Morgan fingerprint density at radius 1 is 0.914 bits per heavy atom. The third kappa shape index (κ3) is 6.37. The molecule has 0 radical (unpaired) electrons. The van der Waals surface area contributed by atoms with Crippen LogP contribution < -0.4 is 5.32 Å². The third-order valence-corrected chi connectivity index (χ3v) is 5.80. The second-order valence-electron chi connectivity index (χ2n) is 7.79. The van der Waals surface area contributed by atoms with Crippen molar-refractivity contribution in [1.29, 1.82) is 0 Å². The zero-order valence-electron chi connectivity index (χ0n) is 19.7. The SMILES string of the molecule is COC(=O)C(CC=Cc1ccccc1Nc1ccc(C(=O)c2ccccc2C)c(Cl)c1)C(=O)OC. The Balaban J connectivity index is 1.78. The van der Waals surface area contributed by atoms with Crippen LogP contribution >= 0.6 is 11.6 Å². The molecule has 7 heteroatoms. The van der Waals surface area contributed by atoms with Crippen LogP contribution in [0.3, 0.4) is 0 Å². The van der Waals surface area contributed by atoms with Crippen molar-refractivity contribution < 1.29 is 23.9 Å². The number of carbonyl (C=O) groups excluding carboxylic acids is 3. The molecule has 0 aromatic heterocycles. The van der Waals surface area contributed by atoms with E-state index in [2.05, 4.69) is 5.32 Å². The molecule has 3 aromatic rings. The molecular formula is C28H26ClNO5. The molecule has 0 saturated heterocycles. The van der Waals surface area contributed by atoms with Crippen molar-refractivity contribution in [2.45, 2.75) is 13.3 Å². The van der Waals surface area contributed by atoms with Gasteiger partial charge in [-0.2, -0.15) is 0 Å². The van der Waals surface area contributed by atoms with Gasteiger partial charge in [0.2, 0.25) is 0 Å². The van der Waals surface area contributed by atoms with E-state index in [0.717, 1.165) is 16.8 Å². The van der Waals surface area contributed by atoms with Crippen LogP contribution in [0.1, 0.15) is 33.5 Å². The summed E-state index contributed by atoms with van der Waals surface area (Å²) in [6, 6.07) is 20.1. The molecule has 0 amide bonds. The van der Waals surface area contributed by atoms with E-state index >= 15 is 0 Å². The predicted molar refractivity (Wildman–Crippen MR) is 137 cm³/mol. The molecule has 1 N–H and O–H groups in total. The van der Waals surface area contributed by atoms with Gasteiger partial charge in [0.25, 0.3) is 0 Å². The summed E-state index contributed by atoms with van der Waals surface area (Å²) in [7, 11) is 2.46. The zero-order chi connectivity index (χ0) is 25.4. The number of anilines is 2. The van der Waals surface area contributed by atoms with E-state index in [4.69, 9.17) is 21.1 Å². The summed E-state index contributed by atoms with van der Waals surface area (Å²) in [5, 5.41) is 3.65. The lowest BCUT2D eigenvalue weighted by Gasteiger charge is -2.13. The Bertz CT molecular complexity index is 1250. The minimum atomic E-state index is -1.03. The summed E-state index contributed by atoms with van der Waals surface area (Å²) in [5.74, 6) is -2.46. The molecule has 0 saturated carbocycles. The number of halogens is 1. The molecule has 0 aliphatic heterocycles. The highest BCUT2D eigenvalue weighted by molar-refractivity contribution is 6.35. The Morgan fingerprint density at radius 2 is 1.57 bits per heavy atom. The van der Waals surface area contributed by atoms with Gasteiger partial charge >= 0.3 is 11.9 Å². The lowest BCUT2D eigenvalue weighted by molar-refractivity contribution is -0.158. The maximum atomic E-state index is 12.9. The minimum absolute atomic E-state index is 0.131. The predicted octanol–water partition coefficient (Wildman–Crippen LogP) is 5.99. The van der Waals surface area contributed by atoms with Crippen molar-refractivity contribution in [1.82, 2.24) is 0 Å². The fourth-order valence-corrected chi connectivity index (χ4v) is 3.83. The van der Waals surface area contributed by atoms with E-state index in [1.807, 2.05) is 49.4 Å². The number of aryl methyl sites for hydroxylation is 1. The maximum absolute atomic E-state index is 12.9. The molecule has 0 fully saturated rings. The molecular weight excluding hydrogens is 466 g/mol. The van der Waals surface area contributed by atoms with E-state index in [-0.39, 0.29) is 12.2 Å². The number of para-hydroxylation sites is 1. The van der Waals surface area contributed by atoms with Gasteiger partial charge in [0.1, 0.15) is 0 Å². The summed E-state index contributed by atoms with van der Waals surface area (Å²) in [6.07, 6.45) is 3.66. The molecule has 3 aromatic carbocycles. The number of rotatable bonds is 9. The van der Waals surface area contributed by atoms with Gasteiger partial charge in [-0.1, -0.05) is 66.2 Å². The summed E-state index contributed by atoms with van der Waals surface area (Å²) in [4.78, 5) is 36.7. The molecule has 0 unspecified atom stereocenters. The number of hydrogen-bond donors (Lipinski definition) is 1. The highest BCUT2D eigenvalue weighted by Crippen LogP contribution is 2.28. The fourth-order valence-electron chi connectivity index (χ4n) is 3.57. The van der Waals surface area contributed by atoms with Gasteiger partial charge in [0.15, 0.2) is 11.7 Å². The summed E-state index contributed by atoms with van der Waals surface area (Å²) in [5.41, 5.74) is 4.25. The lowest BCUT2D eigenvalue weighted by Crippen LogP contribution is -2.25. The maximum Gasteiger partial charge on any atom is 0.320 e. The highest BCUT2D eigenvalue weighted by atomic mass is 35.5. The number of nitrogens with one attached hydrogen (secondary N) is 1. The van der Waals surface area contributed by atoms with Crippen LogP contribution in [0.4, 0.5) is 11.4 Å². The molecule has 0 atom stereocenters. The number of ketones is 1.